The number of carbonyl (C=O) groups is 1. The Bertz CT molecular complexity index is 802. The van der Waals surface area contributed by atoms with E-state index in [0.29, 0.717) is 17.3 Å². The van der Waals surface area contributed by atoms with Gasteiger partial charge in [0.2, 0.25) is 10.0 Å². The van der Waals surface area contributed by atoms with E-state index in [1.807, 2.05) is 13.0 Å². The first-order valence-electron chi connectivity index (χ1n) is 6.95. The summed E-state index contributed by atoms with van der Waals surface area (Å²) >= 11 is 0. The zero-order chi connectivity index (χ0) is 16.3. The summed E-state index contributed by atoms with van der Waals surface area (Å²) in [6, 6.07) is 5.51. The van der Waals surface area contributed by atoms with Gasteiger partial charge in [0.05, 0.1) is 5.52 Å². The maximum absolute atomic E-state index is 12.5. The minimum Gasteiger partial charge on any atom is -0.480 e. The third-order valence-corrected chi connectivity index (χ3v) is 4.78. The zero-order valence-corrected chi connectivity index (χ0v) is 13.2. The Morgan fingerprint density at radius 1 is 1.41 bits per heavy atom. The van der Waals surface area contributed by atoms with E-state index < -0.39 is 22.0 Å². The van der Waals surface area contributed by atoms with Gasteiger partial charge in [-0.3, -0.25) is 9.78 Å². The molecule has 0 aliphatic rings. The van der Waals surface area contributed by atoms with Gasteiger partial charge in [0.1, 0.15) is 10.9 Å². The first-order chi connectivity index (χ1) is 10.3. The number of aryl methyl sites for hydroxylation is 1. The molecule has 0 saturated carbocycles. The average molecular weight is 322 g/mol. The number of nitrogens with one attached hydrogen (secondary N) is 1. The number of para-hydroxylation sites is 1. The largest absolute Gasteiger partial charge is 0.480 e. The van der Waals surface area contributed by atoms with Crippen LogP contribution in [-0.2, 0) is 14.8 Å². The summed E-state index contributed by atoms with van der Waals surface area (Å²) in [4.78, 5) is 15.3. The van der Waals surface area contributed by atoms with Gasteiger partial charge in [0, 0.05) is 11.6 Å². The highest BCUT2D eigenvalue weighted by atomic mass is 32.2. The normalized spacial score (nSPS) is 13.2. The van der Waals surface area contributed by atoms with Crippen molar-refractivity contribution < 1.29 is 18.3 Å². The Labute approximate surface area is 129 Å². The first-order valence-corrected chi connectivity index (χ1v) is 8.44. The SMILES string of the molecule is CCCC(NS(=O)(=O)c1cccc2cc(C)cnc12)C(=O)O. The molecule has 1 aromatic heterocycles. The highest BCUT2D eigenvalue weighted by Crippen LogP contribution is 2.22. The molecule has 1 unspecified atom stereocenters. The van der Waals surface area contributed by atoms with Crippen LogP contribution in [0.1, 0.15) is 25.3 Å². The monoisotopic (exact) mass is 322 g/mol. The van der Waals surface area contributed by atoms with Crippen molar-refractivity contribution in [3.05, 3.63) is 36.0 Å². The minimum absolute atomic E-state index is 0.00708. The number of nitrogens with zero attached hydrogens (tertiary/aromatic N) is 1. The average Bonchev–Trinajstić information content (AvgIpc) is 2.45. The van der Waals surface area contributed by atoms with Gasteiger partial charge in [0.15, 0.2) is 0 Å². The topological polar surface area (TPSA) is 96.4 Å². The van der Waals surface area contributed by atoms with E-state index in [1.54, 1.807) is 25.3 Å². The summed E-state index contributed by atoms with van der Waals surface area (Å²) in [7, 11) is -3.96. The standard InChI is InChI=1S/C15H18N2O4S/c1-3-5-12(15(18)19)17-22(20,21)13-7-4-6-11-8-10(2)9-16-14(11)13/h4,6-9,12,17H,3,5H2,1-2H3,(H,18,19). The van der Waals surface area contributed by atoms with Crippen LogP contribution >= 0.6 is 0 Å². The van der Waals surface area contributed by atoms with Crippen LogP contribution in [0.15, 0.2) is 35.4 Å². The van der Waals surface area contributed by atoms with E-state index in [-0.39, 0.29) is 11.3 Å². The van der Waals surface area contributed by atoms with Gasteiger partial charge in [-0.1, -0.05) is 25.5 Å². The van der Waals surface area contributed by atoms with E-state index in [4.69, 9.17) is 5.11 Å². The van der Waals surface area contributed by atoms with Crippen molar-refractivity contribution in [1.82, 2.24) is 9.71 Å². The van der Waals surface area contributed by atoms with Crippen molar-refractivity contribution in [2.45, 2.75) is 37.6 Å². The Hall–Kier alpha value is -1.99. The second-order valence-electron chi connectivity index (χ2n) is 5.14. The van der Waals surface area contributed by atoms with Crippen molar-refractivity contribution in [3.8, 4) is 0 Å². The lowest BCUT2D eigenvalue weighted by atomic mass is 10.2. The summed E-state index contributed by atoms with van der Waals surface area (Å²) in [5.74, 6) is -1.19. The maximum atomic E-state index is 12.5. The number of hydrogen-bond acceptors (Lipinski definition) is 4. The fourth-order valence-corrected chi connectivity index (χ4v) is 3.63. The predicted molar refractivity (Wildman–Crippen MR) is 83.1 cm³/mol. The molecule has 1 atom stereocenters. The number of fused-ring (bicyclic) bond motifs is 1. The predicted octanol–water partition coefficient (Wildman–Crippen LogP) is 2.07. The Balaban J connectivity index is 2.47. The van der Waals surface area contributed by atoms with Crippen LogP contribution in [-0.4, -0.2) is 30.5 Å². The summed E-state index contributed by atoms with van der Waals surface area (Å²) < 4.78 is 27.3. The lowest BCUT2D eigenvalue weighted by Crippen LogP contribution is -2.40. The Morgan fingerprint density at radius 3 is 2.77 bits per heavy atom. The molecular formula is C15H18N2O4S. The fraction of sp³-hybridized carbons (Fsp3) is 0.333. The van der Waals surface area contributed by atoms with Gasteiger partial charge < -0.3 is 5.11 Å². The third kappa shape index (κ3) is 3.42. The van der Waals surface area contributed by atoms with Gasteiger partial charge in [-0.25, -0.2) is 8.42 Å². The lowest BCUT2D eigenvalue weighted by molar-refractivity contribution is -0.139. The second-order valence-corrected chi connectivity index (χ2v) is 6.82. The van der Waals surface area contributed by atoms with Crippen molar-refractivity contribution in [2.75, 3.05) is 0 Å². The third-order valence-electron chi connectivity index (χ3n) is 3.27. The van der Waals surface area contributed by atoms with Crippen LogP contribution in [0.3, 0.4) is 0 Å². The molecular weight excluding hydrogens is 304 g/mol. The van der Waals surface area contributed by atoms with Gasteiger partial charge in [-0.15, -0.1) is 0 Å². The molecule has 22 heavy (non-hydrogen) atoms. The molecule has 0 radical (unpaired) electrons. The summed E-state index contributed by atoms with van der Waals surface area (Å²) in [6.45, 7) is 3.67. The number of pyridine rings is 1. The number of hydrogen-bond donors (Lipinski definition) is 2. The van der Waals surface area contributed by atoms with E-state index >= 15 is 0 Å². The van der Waals surface area contributed by atoms with E-state index in [0.717, 1.165) is 5.56 Å². The highest BCUT2D eigenvalue weighted by molar-refractivity contribution is 7.89. The van der Waals surface area contributed by atoms with Crippen molar-refractivity contribution >= 4 is 26.9 Å². The molecule has 0 amide bonds. The molecule has 7 heteroatoms. The van der Waals surface area contributed by atoms with Crippen molar-refractivity contribution in [3.63, 3.8) is 0 Å². The summed E-state index contributed by atoms with van der Waals surface area (Å²) in [6.07, 6.45) is 2.38. The number of sulfonamides is 1. The van der Waals surface area contributed by atoms with Gasteiger partial charge in [0.25, 0.3) is 0 Å². The van der Waals surface area contributed by atoms with Crippen LogP contribution in [0.5, 0.6) is 0 Å². The van der Waals surface area contributed by atoms with Crippen molar-refractivity contribution in [1.29, 1.82) is 0 Å². The number of aliphatic carboxylic acids is 1. The molecule has 2 aromatic rings. The number of carboxylic acid groups (broad SMARTS) is 1. The molecule has 2 rings (SSSR count). The lowest BCUT2D eigenvalue weighted by Gasteiger charge is -2.15. The Kier molecular flexibility index (Phi) is 4.77. The van der Waals surface area contributed by atoms with Crippen molar-refractivity contribution in [2.24, 2.45) is 0 Å². The Morgan fingerprint density at radius 2 is 2.14 bits per heavy atom. The summed E-state index contributed by atoms with van der Waals surface area (Å²) in [5, 5.41) is 9.82. The zero-order valence-electron chi connectivity index (χ0n) is 12.4. The highest BCUT2D eigenvalue weighted by Gasteiger charge is 2.26. The minimum atomic E-state index is -3.96. The quantitative estimate of drug-likeness (QED) is 0.848. The van der Waals surface area contributed by atoms with Gasteiger partial charge in [-0.05, 0) is 31.0 Å². The molecule has 0 aliphatic carbocycles. The number of benzene rings is 1. The molecule has 1 aromatic carbocycles. The van der Waals surface area contributed by atoms with Gasteiger partial charge >= 0.3 is 5.97 Å². The van der Waals surface area contributed by atoms with E-state index in [2.05, 4.69) is 9.71 Å². The molecule has 0 saturated heterocycles. The molecule has 2 N–H and O–H groups in total. The number of rotatable bonds is 6. The molecule has 1 heterocycles. The second kappa shape index (κ2) is 6.41. The molecule has 0 bridgehead atoms. The van der Waals surface area contributed by atoms with Gasteiger partial charge in [-0.2, -0.15) is 4.72 Å². The van der Waals surface area contributed by atoms with E-state index in [1.165, 1.54) is 6.07 Å². The first kappa shape index (κ1) is 16.4. The molecule has 0 aliphatic heterocycles. The number of carboxylic acids is 1. The molecule has 0 spiro atoms. The van der Waals surface area contributed by atoms with Crippen LogP contribution in [0.2, 0.25) is 0 Å². The van der Waals surface area contributed by atoms with Crippen LogP contribution in [0.25, 0.3) is 10.9 Å². The maximum Gasteiger partial charge on any atom is 0.321 e. The van der Waals surface area contributed by atoms with E-state index in [9.17, 15) is 13.2 Å². The smallest absolute Gasteiger partial charge is 0.321 e. The molecule has 6 nitrogen and oxygen atoms in total. The number of aromatic nitrogens is 1. The summed E-state index contributed by atoms with van der Waals surface area (Å²) in [5.41, 5.74) is 1.26. The van der Waals surface area contributed by atoms with Crippen LogP contribution in [0.4, 0.5) is 0 Å². The fourth-order valence-electron chi connectivity index (χ4n) is 2.23. The molecule has 118 valence electrons. The molecule has 0 fully saturated rings. The van der Waals surface area contributed by atoms with Crippen LogP contribution < -0.4 is 4.72 Å². The van der Waals surface area contributed by atoms with Crippen LogP contribution in [0, 0.1) is 6.92 Å².